The number of methoxy groups -OCH3 is 1. The Morgan fingerprint density at radius 2 is 2.15 bits per heavy atom. The molecule has 0 aliphatic rings. The fourth-order valence-electron chi connectivity index (χ4n) is 2.08. The summed E-state index contributed by atoms with van der Waals surface area (Å²) in [4.78, 5) is 1.36. The van der Waals surface area contributed by atoms with Gasteiger partial charge in [0.05, 0.1) is 13.2 Å². The third-order valence-electron chi connectivity index (χ3n) is 3.23. The molecule has 1 aromatic heterocycles. The maximum Gasteiger partial charge on any atom is 0.119 e. The molecule has 2 unspecified atom stereocenters. The van der Waals surface area contributed by atoms with Crippen molar-refractivity contribution in [2.45, 2.75) is 25.5 Å². The van der Waals surface area contributed by atoms with E-state index in [1.807, 2.05) is 24.3 Å². The topological polar surface area (TPSA) is 41.5 Å². The Balaban J connectivity index is 1.83. The fourth-order valence-corrected chi connectivity index (χ4v) is 2.92. The molecule has 0 aliphatic carbocycles. The molecule has 2 aromatic rings. The summed E-state index contributed by atoms with van der Waals surface area (Å²) in [6.45, 7) is 2.68. The average molecular weight is 291 g/mol. The highest BCUT2D eigenvalue weighted by atomic mass is 32.1. The van der Waals surface area contributed by atoms with Gasteiger partial charge >= 0.3 is 0 Å². The normalized spacial score (nSPS) is 13.9. The molecule has 0 spiro atoms. The van der Waals surface area contributed by atoms with Crippen molar-refractivity contribution < 1.29 is 9.84 Å². The molecule has 0 saturated carbocycles. The number of rotatable bonds is 7. The van der Waals surface area contributed by atoms with Crippen LogP contribution in [0.25, 0.3) is 0 Å². The van der Waals surface area contributed by atoms with Gasteiger partial charge in [-0.2, -0.15) is 0 Å². The van der Waals surface area contributed by atoms with Gasteiger partial charge < -0.3 is 15.2 Å². The number of ether oxygens (including phenoxy) is 1. The van der Waals surface area contributed by atoms with Crippen molar-refractivity contribution in [3.63, 3.8) is 0 Å². The van der Waals surface area contributed by atoms with Crippen molar-refractivity contribution in [2.75, 3.05) is 13.7 Å². The lowest BCUT2D eigenvalue weighted by Gasteiger charge is -2.17. The molecule has 1 aromatic carbocycles. The number of hydrogen-bond acceptors (Lipinski definition) is 4. The van der Waals surface area contributed by atoms with Crippen molar-refractivity contribution in [1.29, 1.82) is 0 Å². The van der Waals surface area contributed by atoms with Gasteiger partial charge in [0.2, 0.25) is 0 Å². The van der Waals surface area contributed by atoms with E-state index in [1.54, 1.807) is 18.4 Å². The molecule has 0 saturated heterocycles. The summed E-state index contributed by atoms with van der Waals surface area (Å²) in [7, 11) is 1.63. The highest BCUT2D eigenvalue weighted by Gasteiger charge is 2.10. The number of aliphatic hydroxyl groups is 1. The number of thiophene rings is 1. The first-order chi connectivity index (χ1) is 9.69. The molecule has 0 amide bonds. The van der Waals surface area contributed by atoms with E-state index in [1.165, 1.54) is 4.88 Å². The Bertz CT molecular complexity index is 513. The molecule has 2 atom stereocenters. The predicted octanol–water partition coefficient (Wildman–Crippen LogP) is 3.01. The first-order valence-electron chi connectivity index (χ1n) is 6.77. The summed E-state index contributed by atoms with van der Waals surface area (Å²) in [5.74, 6) is 0.771. The van der Waals surface area contributed by atoms with Crippen LogP contribution in [-0.2, 0) is 6.42 Å². The van der Waals surface area contributed by atoms with Crippen LogP contribution in [0.15, 0.2) is 41.8 Å². The molecule has 108 valence electrons. The largest absolute Gasteiger partial charge is 0.497 e. The summed E-state index contributed by atoms with van der Waals surface area (Å²) < 4.78 is 5.17. The summed E-state index contributed by atoms with van der Waals surface area (Å²) in [5, 5.41) is 15.7. The predicted molar refractivity (Wildman–Crippen MR) is 83.4 cm³/mol. The molecule has 3 nitrogen and oxygen atoms in total. The molecule has 2 rings (SSSR count). The van der Waals surface area contributed by atoms with E-state index in [2.05, 4.69) is 29.8 Å². The van der Waals surface area contributed by atoms with E-state index in [-0.39, 0.29) is 0 Å². The van der Waals surface area contributed by atoms with Crippen molar-refractivity contribution in [1.82, 2.24) is 5.32 Å². The van der Waals surface area contributed by atoms with Crippen LogP contribution >= 0.6 is 11.3 Å². The zero-order chi connectivity index (χ0) is 14.4. The summed E-state index contributed by atoms with van der Waals surface area (Å²) in [5.41, 5.74) is 0.875. The van der Waals surface area contributed by atoms with Crippen LogP contribution < -0.4 is 10.1 Å². The Kier molecular flexibility index (Phi) is 5.59. The Morgan fingerprint density at radius 3 is 2.85 bits per heavy atom. The van der Waals surface area contributed by atoms with E-state index in [0.717, 1.165) is 17.7 Å². The van der Waals surface area contributed by atoms with E-state index >= 15 is 0 Å². The van der Waals surface area contributed by atoms with E-state index < -0.39 is 6.10 Å². The van der Waals surface area contributed by atoms with Crippen LogP contribution in [0.4, 0.5) is 0 Å². The van der Waals surface area contributed by atoms with Crippen molar-refractivity contribution in [3.05, 3.63) is 52.2 Å². The minimum atomic E-state index is -0.518. The van der Waals surface area contributed by atoms with Gasteiger partial charge in [-0.3, -0.25) is 0 Å². The molecule has 2 N–H and O–H groups in total. The van der Waals surface area contributed by atoms with E-state index in [4.69, 9.17) is 4.74 Å². The molecule has 1 heterocycles. The number of benzene rings is 1. The van der Waals surface area contributed by atoms with Gasteiger partial charge in [-0.15, -0.1) is 11.3 Å². The third-order valence-corrected chi connectivity index (χ3v) is 4.12. The summed E-state index contributed by atoms with van der Waals surface area (Å²) in [6.07, 6.45) is 0.471. The van der Waals surface area contributed by atoms with Crippen LogP contribution in [0, 0.1) is 0 Å². The highest BCUT2D eigenvalue weighted by molar-refractivity contribution is 7.09. The standard InChI is InChI=1S/C16H21NO2S/c1-12(9-15-7-4-8-20-15)17-11-16(18)13-5-3-6-14(10-13)19-2/h3-8,10,12,16-18H,9,11H2,1-2H3. The van der Waals surface area contributed by atoms with Gasteiger partial charge in [0.25, 0.3) is 0 Å². The molecule has 0 fully saturated rings. The first-order valence-corrected chi connectivity index (χ1v) is 7.65. The van der Waals surface area contributed by atoms with Gasteiger partial charge in [0, 0.05) is 17.5 Å². The SMILES string of the molecule is COc1cccc(C(O)CNC(C)Cc2cccs2)c1. The molecular formula is C16H21NO2S. The van der Waals surface area contributed by atoms with Crippen LogP contribution in [-0.4, -0.2) is 24.8 Å². The number of hydrogen-bond donors (Lipinski definition) is 2. The zero-order valence-corrected chi connectivity index (χ0v) is 12.7. The smallest absolute Gasteiger partial charge is 0.119 e. The molecule has 0 aliphatic heterocycles. The Labute approximate surface area is 124 Å². The number of nitrogens with one attached hydrogen (secondary N) is 1. The highest BCUT2D eigenvalue weighted by Crippen LogP contribution is 2.19. The minimum absolute atomic E-state index is 0.342. The minimum Gasteiger partial charge on any atom is -0.497 e. The quantitative estimate of drug-likeness (QED) is 0.824. The Morgan fingerprint density at radius 1 is 1.30 bits per heavy atom. The lowest BCUT2D eigenvalue weighted by molar-refractivity contribution is 0.170. The monoisotopic (exact) mass is 291 g/mol. The number of aliphatic hydroxyl groups excluding tert-OH is 1. The van der Waals surface area contributed by atoms with Crippen LogP contribution in [0.2, 0.25) is 0 Å². The van der Waals surface area contributed by atoms with Crippen molar-refractivity contribution in [2.24, 2.45) is 0 Å². The summed E-state index contributed by atoms with van der Waals surface area (Å²) >= 11 is 1.77. The second-order valence-corrected chi connectivity index (χ2v) is 5.92. The molecule has 4 heteroatoms. The van der Waals surface area contributed by atoms with Gasteiger partial charge in [0.15, 0.2) is 0 Å². The van der Waals surface area contributed by atoms with Crippen molar-refractivity contribution in [3.8, 4) is 5.75 Å². The third kappa shape index (κ3) is 4.34. The van der Waals surface area contributed by atoms with Crippen LogP contribution in [0.5, 0.6) is 5.75 Å². The van der Waals surface area contributed by atoms with E-state index in [0.29, 0.717) is 12.6 Å². The fraction of sp³-hybridized carbons (Fsp3) is 0.375. The van der Waals surface area contributed by atoms with Gasteiger partial charge in [-0.25, -0.2) is 0 Å². The molecule has 20 heavy (non-hydrogen) atoms. The van der Waals surface area contributed by atoms with Gasteiger partial charge in [-0.05, 0) is 42.5 Å². The summed E-state index contributed by atoms with van der Waals surface area (Å²) in [6, 6.07) is 12.1. The zero-order valence-electron chi connectivity index (χ0n) is 11.9. The Hall–Kier alpha value is -1.36. The molecule has 0 radical (unpaired) electrons. The maximum atomic E-state index is 10.2. The maximum absolute atomic E-state index is 10.2. The molecule has 0 bridgehead atoms. The van der Waals surface area contributed by atoms with Crippen LogP contribution in [0.3, 0.4) is 0 Å². The van der Waals surface area contributed by atoms with Gasteiger partial charge in [0.1, 0.15) is 5.75 Å². The van der Waals surface area contributed by atoms with Crippen LogP contribution in [0.1, 0.15) is 23.5 Å². The van der Waals surface area contributed by atoms with Gasteiger partial charge in [-0.1, -0.05) is 18.2 Å². The lowest BCUT2D eigenvalue weighted by atomic mass is 10.1. The molecular weight excluding hydrogens is 270 g/mol. The van der Waals surface area contributed by atoms with Crippen molar-refractivity contribution >= 4 is 11.3 Å². The lowest BCUT2D eigenvalue weighted by Crippen LogP contribution is -2.31. The first kappa shape index (κ1) is 15.0. The second kappa shape index (κ2) is 7.43. The van der Waals surface area contributed by atoms with E-state index in [9.17, 15) is 5.11 Å². The second-order valence-electron chi connectivity index (χ2n) is 4.89. The average Bonchev–Trinajstić information content (AvgIpc) is 2.97.